The van der Waals surface area contributed by atoms with Crippen LogP contribution in [0.4, 0.5) is 23.1 Å². The topological polar surface area (TPSA) is 41.1 Å². The van der Waals surface area contributed by atoms with Crippen LogP contribution in [-0.4, -0.2) is 17.0 Å². The van der Waals surface area contributed by atoms with Gasteiger partial charge in [0.1, 0.15) is 5.82 Å². The molecule has 26 heavy (non-hydrogen) atoms. The molecule has 1 heterocycles. The van der Waals surface area contributed by atoms with Crippen LogP contribution in [-0.2, 0) is 6.42 Å². The van der Waals surface area contributed by atoms with Gasteiger partial charge in [-0.2, -0.15) is 4.98 Å². The number of anilines is 4. The van der Waals surface area contributed by atoms with Crippen LogP contribution in [0.15, 0.2) is 54.6 Å². The molecule has 0 amide bonds. The Morgan fingerprint density at radius 2 is 1.62 bits per heavy atom. The highest BCUT2D eigenvalue weighted by molar-refractivity contribution is 5.66. The summed E-state index contributed by atoms with van der Waals surface area (Å²) in [6.07, 6.45) is 1.99. The van der Waals surface area contributed by atoms with Crippen LogP contribution in [0, 0.1) is 13.8 Å². The van der Waals surface area contributed by atoms with Gasteiger partial charge in [-0.05, 0) is 44.0 Å². The molecule has 0 saturated heterocycles. The molecule has 0 aliphatic rings. The molecule has 0 saturated carbocycles. The van der Waals surface area contributed by atoms with Gasteiger partial charge in [0.15, 0.2) is 0 Å². The minimum atomic E-state index is 0.645. The average Bonchev–Trinajstić information content (AvgIpc) is 2.66. The summed E-state index contributed by atoms with van der Waals surface area (Å²) in [5, 5.41) is 3.40. The van der Waals surface area contributed by atoms with E-state index in [0.29, 0.717) is 5.95 Å². The third-order valence-corrected chi connectivity index (χ3v) is 4.56. The van der Waals surface area contributed by atoms with Crippen molar-refractivity contribution in [3.05, 3.63) is 71.4 Å². The maximum atomic E-state index is 4.83. The Balaban J connectivity index is 2.03. The number of aromatic nitrogens is 2. The highest BCUT2D eigenvalue weighted by Gasteiger charge is 2.15. The molecule has 134 valence electrons. The van der Waals surface area contributed by atoms with E-state index in [4.69, 9.17) is 9.97 Å². The van der Waals surface area contributed by atoms with Crippen molar-refractivity contribution in [2.24, 2.45) is 0 Å². The molecule has 0 unspecified atom stereocenters. The first-order chi connectivity index (χ1) is 12.6. The number of rotatable bonds is 6. The van der Waals surface area contributed by atoms with Crippen molar-refractivity contribution < 1.29 is 0 Å². The van der Waals surface area contributed by atoms with Crippen LogP contribution >= 0.6 is 0 Å². The molecule has 2 aromatic carbocycles. The molecule has 3 rings (SSSR count). The molecule has 0 aliphatic heterocycles. The molecule has 1 aromatic heterocycles. The van der Waals surface area contributed by atoms with E-state index in [0.717, 1.165) is 41.3 Å². The van der Waals surface area contributed by atoms with E-state index in [-0.39, 0.29) is 0 Å². The minimum absolute atomic E-state index is 0.645. The molecule has 4 nitrogen and oxygen atoms in total. The highest BCUT2D eigenvalue weighted by atomic mass is 15.2. The second-order valence-corrected chi connectivity index (χ2v) is 6.53. The summed E-state index contributed by atoms with van der Waals surface area (Å²) in [5.74, 6) is 1.58. The maximum absolute atomic E-state index is 4.83. The van der Waals surface area contributed by atoms with E-state index < -0.39 is 0 Å². The smallest absolute Gasteiger partial charge is 0.229 e. The Bertz CT molecular complexity index is 875. The van der Waals surface area contributed by atoms with Crippen LogP contribution in [0.25, 0.3) is 0 Å². The zero-order valence-electron chi connectivity index (χ0n) is 16.0. The van der Waals surface area contributed by atoms with Gasteiger partial charge in [0, 0.05) is 24.0 Å². The summed E-state index contributed by atoms with van der Waals surface area (Å²) in [7, 11) is 2.05. The number of nitrogens with one attached hydrogen (secondary N) is 1. The van der Waals surface area contributed by atoms with E-state index in [9.17, 15) is 0 Å². The normalized spacial score (nSPS) is 10.6. The van der Waals surface area contributed by atoms with Gasteiger partial charge in [0.25, 0.3) is 0 Å². The monoisotopic (exact) mass is 346 g/mol. The fourth-order valence-corrected chi connectivity index (χ4v) is 3.02. The lowest BCUT2D eigenvalue weighted by Crippen LogP contribution is -2.16. The number of nitrogens with zero attached hydrogens (tertiary/aromatic N) is 3. The van der Waals surface area contributed by atoms with E-state index in [1.54, 1.807) is 0 Å². The zero-order valence-corrected chi connectivity index (χ0v) is 16.0. The summed E-state index contributed by atoms with van der Waals surface area (Å²) in [6.45, 7) is 6.37. The van der Waals surface area contributed by atoms with Crippen molar-refractivity contribution in [1.82, 2.24) is 9.97 Å². The predicted octanol–water partition coefficient (Wildman–Crippen LogP) is 5.56. The molecule has 0 spiro atoms. The van der Waals surface area contributed by atoms with Crippen molar-refractivity contribution in [1.29, 1.82) is 0 Å². The number of benzene rings is 2. The third kappa shape index (κ3) is 3.85. The SMILES string of the molecule is CCCc1nc(Nc2ccccc2C)nc(N(C)c2ccccc2)c1C. The van der Waals surface area contributed by atoms with Gasteiger partial charge in [-0.1, -0.05) is 49.7 Å². The fraction of sp³-hybridized carbons (Fsp3) is 0.273. The summed E-state index contributed by atoms with van der Waals surface area (Å²) in [5.41, 5.74) is 5.54. The van der Waals surface area contributed by atoms with Gasteiger partial charge in [-0.3, -0.25) is 0 Å². The summed E-state index contributed by atoms with van der Waals surface area (Å²) in [6, 6.07) is 18.5. The van der Waals surface area contributed by atoms with Crippen LogP contribution in [0.5, 0.6) is 0 Å². The molecule has 1 N–H and O–H groups in total. The van der Waals surface area contributed by atoms with Crippen LogP contribution in [0.1, 0.15) is 30.2 Å². The van der Waals surface area contributed by atoms with Gasteiger partial charge in [0.2, 0.25) is 5.95 Å². The van der Waals surface area contributed by atoms with Crippen molar-refractivity contribution in [2.45, 2.75) is 33.6 Å². The van der Waals surface area contributed by atoms with Gasteiger partial charge in [-0.25, -0.2) is 4.98 Å². The van der Waals surface area contributed by atoms with E-state index in [1.165, 1.54) is 5.56 Å². The van der Waals surface area contributed by atoms with Gasteiger partial charge < -0.3 is 10.2 Å². The van der Waals surface area contributed by atoms with Gasteiger partial charge >= 0.3 is 0 Å². The van der Waals surface area contributed by atoms with Crippen LogP contribution in [0.2, 0.25) is 0 Å². The standard InChI is InChI=1S/C22H26N4/c1-5-11-20-17(3)21(26(4)18-13-7-6-8-14-18)25-22(24-20)23-19-15-10-9-12-16(19)2/h6-10,12-15H,5,11H2,1-4H3,(H,23,24,25). The van der Waals surface area contributed by atoms with Crippen LogP contribution in [0.3, 0.4) is 0 Å². The lowest BCUT2D eigenvalue weighted by molar-refractivity contribution is 0.859. The molecule has 4 heteroatoms. The number of para-hydroxylation sites is 2. The second-order valence-electron chi connectivity index (χ2n) is 6.53. The second kappa shape index (κ2) is 8.00. The van der Waals surface area contributed by atoms with Crippen LogP contribution < -0.4 is 10.2 Å². The first-order valence-electron chi connectivity index (χ1n) is 9.09. The van der Waals surface area contributed by atoms with Gasteiger partial charge in [0.05, 0.1) is 5.69 Å². The largest absolute Gasteiger partial charge is 0.329 e. The Kier molecular flexibility index (Phi) is 5.52. The molecule has 0 atom stereocenters. The highest BCUT2D eigenvalue weighted by Crippen LogP contribution is 2.29. The van der Waals surface area contributed by atoms with Gasteiger partial charge in [-0.15, -0.1) is 0 Å². The zero-order chi connectivity index (χ0) is 18.5. The minimum Gasteiger partial charge on any atom is -0.329 e. The molecular weight excluding hydrogens is 320 g/mol. The van der Waals surface area contributed by atoms with E-state index >= 15 is 0 Å². The molecule has 0 aliphatic carbocycles. The third-order valence-electron chi connectivity index (χ3n) is 4.56. The Morgan fingerprint density at radius 3 is 2.31 bits per heavy atom. The molecular formula is C22H26N4. The van der Waals surface area contributed by atoms with Crippen molar-refractivity contribution >= 4 is 23.1 Å². The quantitative estimate of drug-likeness (QED) is 0.634. The Labute approximate surface area is 155 Å². The molecule has 0 radical (unpaired) electrons. The molecule has 0 fully saturated rings. The predicted molar refractivity (Wildman–Crippen MR) is 110 cm³/mol. The number of hydrogen-bond donors (Lipinski definition) is 1. The maximum Gasteiger partial charge on any atom is 0.229 e. The van der Waals surface area contributed by atoms with E-state index in [1.807, 2.05) is 30.3 Å². The number of aryl methyl sites for hydroxylation is 2. The number of hydrogen-bond acceptors (Lipinski definition) is 4. The van der Waals surface area contributed by atoms with E-state index in [2.05, 4.69) is 62.3 Å². The molecule has 3 aromatic rings. The Morgan fingerprint density at radius 1 is 0.923 bits per heavy atom. The first kappa shape index (κ1) is 17.9. The fourth-order valence-electron chi connectivity index (χ4n) is 3.02. The summed E-state index contributed by atoms with van der Waals surface area (Å²) >= 11 is 0. The average molecular weight is 346 g/mol. The lowest BCUT2D eigenvalue weighted by Gasteiger charge is -2.22. The summed E-state index contributed by atoms with van der Waals surface area (Å²) in [4.78, 5) is 11.7. The molecule has 0 bridgehead atoms. The van der Waals surface area contributed by atoms with Crippen molar-refractivity contribution in [3.8, 4) is 0 Å². The lowest BCUT2D eigenvalue weighted by atomic mass is 10.1. The first-order valence-corrected chi connectivity index (χ1v) is 9.09. The van der Waals surface area contributed by atoms with Crippen molar-refractivity contribution in [3.63, 3.8) is 0 Å². The summed E-state index contributed by atoms with van der Waals surface area (Å²) < 4.78 is 0. The Hall–Kier alpha value is -2.88. The van der Waals surface area contributed by atoms with Crippen molar-refractivity contribution in [2.75, 3.05) is 17.3 Å².